The van der Waals surface area contributed by atoms with Gasteiger partial charge in [0.05, 0.1) is 10.8 Å². The van der Waals surface area contributed by atoms with Crippen LogP contribution < -0.4 is 4.74 Å². The standard InChI is InChI=1S/C15H14O2S/c16-18(13-7-2-1-3-8-13)15-11-10-12-6-4-5-9-14(12)17-15/h1-9,15H,10-11H2. The van der Waals surface area contributed by atoms with Crippen LogP contribution in [0.25, 0.3) is 0 Å². The zero-order valence-electron chi connectivity index (χ0n) is 9.91. The molecule has 92 valence electrons. The Kier molecular flexibility index (Phi) is 3.15. The van der Waals surface area contributed by atoms with Crippen LogP contribution in [0.2, 0.25) is 0 Å². The first-order valence-electron chi connectivity index (χ1n) is 6.05. The number of fused-ring (bicyclic) bond motifs is 1. The highest BCUT2D eigenvalue weighted by atomic mass is 32.2. The van der Waals surface area contributed by atoms with Crippen LogP contribution >= 0.6 is 0 Å². The molecular formula is C15H14O2S. The molecule has 2 aromatic carbocycles. The zero-order chi connectivity index (χ0) is 12.4. The smallest absolute Gasteiger partial charge is 0.177 e. The molecule has 0 saturated carbocycles. The summed E-state index contributed by atoms with van der Waals surface area (Å²) in [5, 5.41) is 0. The monoisotopic (exact) mass is 258 g/mol. The van der Waals surface area contributed by atoms with E-state index in [-0.39, 0.29) is 5.44 Å². The molecule has 0 saturated heterocycles. The lowest BCUT2D eigenvalue weighted by Gasteiger charge is -2.25. The predicted molar refractivity (Wildman–Crippen MR) is 72.0 cm³/mol. The van der Waals surface area contributed by atoms with Gasteiger partial charge in [-0.2, -0.15) is 0 Å². The quantitative estimate of drug-likeness (QED) is 0.827. The number of aryl methyl sites for hydroxylation is 1. The Hall–Kier alpha value is -1.61. The van der Waals surface area contributed by atoms with Crippen molar-refractivity contribution in [1.29, 1.82) is 0 Å². The summed E-state index contributed by atoms with van der Waals surface area (Å²) in [5.74, 6) is 0.873. The molecule has 0 N–H and O–H groups in total. The van der Waals surface area contributed by atoms with Crippen LogP contribution in [0.4, 0.5) is 0 Å². The molecule has 3 rings (SSSR count). The van der Waals surface area contributed by atoms with E-state index in [4.69, 9.17) is 4.74 Å². The SMILES string of the molecule is O=S(c1ccccc1)C1CCc2ccccc2O1. The summed E-state index contributed by atoms with van der Waals surface area (Å²) in [6.45, 7) is 0. The van der Waals surface area contributed by atoms with E-state index in [1.54, 1.807) is 0 Å². The summed E-state index contributed by atoms with van der Waals surface area (Å²) < 4.78 is 18.2. The van der Waals surface area contributed by atoms with Gasteiger partial charge in [-0.1, -0.05) is 36.4 Å². The Morgan fingerprint density at radius 1 is 1.00 bits per heavy atom. The first-order chi connectivity index (χ1) is 8.84. The third-order valence-corrected chi connectivity index (χ3v) is 4.64. The molecule has 2 aromatic rings. The minimum Gasteiger partial charge on any atom is -0.477 e. The molecule has 0 bridgehead atoms. The summed E-state index contributed by atoms with van der Waals surface area (Å²) in [6, 6.07) is 17.5. The molecule has 0 radical (unpaired) electrons. The van der Waals surface area contributed by atoms with E-state index >= 15 is 0 Å². The highest BCUT2D eigenvalue weighted by Gasteiger charge is 2.25. The first-order valence-corrected chi connectivity index (χ1v) is 7.26. The molecule has 1 aliphatic rings. The Morgan fingerprint density at radius 2 is 1.72 bits per heavy atom. The maximum Gasteiger partial charge on any atom is 0.177 e. The van der Waals surface area contributed by atoms with Gasteiger partial charge in [0.25, 0.3) is 0 Å². The van der Waals surface area contributed by atoms with Crippen molar-refractivity contribution < 1.29 is 8.95 Å². The first kappa shape index (κ1) is 11.5. The predicted octanol–water partition coefficient (Wildman–Crippen LogP) is 3.15. The Bertz CT molecular complexity index is 566. The average Bonchev–Trinajstić information content (AvgIpc) is 2.47. The van der Waals surface area contributed by atoms with Gasteiger partial charge in [-0.15, -0.1) is 0 Å². The lowest BCUT2D eigenvalue weighted by Crippen LogP contribution is -2.27. The van der Waals surface area contributed by atoms with Crippen molar-refractivity contribution in [2.45, 2.75) is 23.2 Å². The van der Waals surface area contributed by atoms with Crippen molar-refractivity contribution in [2.24, 2.45) is 0 Å². The number of para-hydroxylation sites is 1. The van der Waals surface area contributed by atoms with Crippen LogP contribution in [0.3, 0.4) is 0 Å². The van der Waals surface area contributed by atoms with Gasteiger partial charge in [-0.05, 0) is 30.2 Å². The van der Waals surface area contributed by atoms with Gasteiger partial charge in [0.1, 0.15) is 5.75 Å². The number of rotatable bonds is 2. The summed E-state index contributed by atoms with van der Waals surface area (Å²) in [7, 11) is -1.10. The van der Waals surface area contributed by atoms with Crippen LogP contribution in [0.5, 0.6) is 5.75 Å². The lowest BCUT2D eigenvalue weighted by atomic mass is 10.1. The fourth-order valence-electron chi connectivity index (χ4n) is 2.16. The van der Waals surface area contributed by atoms with Gasteiger partial charge < -0.3 is 4.74 Å². The zero-order valence-corrected chi connectivity index (χ0v) is 10.7. The van der Waals surface area contributed by atoms with Gasteiger partial charge in [-0.25, -0.2) is 0 Å². The molecule has 2 unspecified atom stereocenters. The normalized spacial score (nSPS) is 19.7. The van der Waals surface area contributed by atoms with E-state index in [2.05, 4.69) is 6.07 Å². The second-order valence-corrected chi connectivity index (χ2v) is 5.90. The van der Waals surface area contributed by atoms with E-state index in [9.17, 15) is 4.21 Å². The molecule has 2 nitrogen and oxygen atoms in total. The van der Waals surface area contributed by atoms with Crippen LogP contribution in [0, 0.1) is 0 Å². The van der Waals surface area contributed by atoms with Crippen LogP contribution in [0.15, 0.2) is 59.5 Å². The summed E-state index contributed by atoms with van der Waals surface area (Å²) in [4.78, 5) is 0.835. The Morgan fingerprint density at radius 3 is 2.56 bits per heavy atom. The largest absolute Gasteiger partial charge is 0.477 e. The minimum atomic E-state index is -1.10. The molecule has 2 atom stereocenters. The molecule has 0 aliphatic carbocycles. The maximum absolute atomic E-state index is 12.4. The van der Waals surface area contributed by atoms with Gasteiger partial charge in [0, 0.05) is 11.3 Å². The highest BCUT2D eigenvalue weighted by molar-refractivity contribution is 7.85. The van der Waals surface area contributed by atoms with Gasteiger partial charge in [-0.3, -0.25) is 4.21 Å². The van der Waals surface area contributed by atoms with Crippen LogP contribution in [0.1, 0.15) is 12.0 Å². The molecule has 0 spiro atoms. The van der Waals surface area contributed by atoms with Gasteiger partial charge in [0.2, 0.25) is 0 Å². The third-order valence-electron chi connectivity index (χ3n) is 3.09. The average molecular weight is 258 g/mol. The molecular weight excluding hydrogens is 244 g/mol. The van der Waals surface area contributed by atoms with Crippen LogP contribution in [-0.2, 0) is 17.2 Å². The fourth-order valence-corrected chi connectivity index (χ4v) is 3.41. The molecule has 1 aliphatic heterocycles. The van der Waals surface area contributed by atoms with Crippen molar-refractivity contribution in [3.8, 4) is 5.75 Å². The van der Waals surface area contributed by atoms with Gasteiger partial charge in [0.15, 0.2) is 5.44 Å². The second kappa shape index (κ2) is 4.94. The number of benzene rings is 2. The molecule has 1 heterocycles. The van der Waals surface area contributed by atoms with Crippen molar-refractivity contribution in [3.05, 3.63) is 60.2 Å². The van der Waals surface area contributed by atoms with E-state index in [0.29, 0.717) is 0 Å². The van der Waals surface area contributed by atoms with E-state index in [0.717, 1.165) is 23.5 Å². The third kappa shape index (κ3) is 2.18. The highest BCUT2D eigenvalue weighted by Crippen LogP contribution is 2.29. The van der Waals surface area contributed by atoms with Crippen molar-refractivity contribution in [3.63, 3.8) is 0 Å². The number of hydrogen-bond donors (Lipinski definition) is 0. The molecule has 0 aromatic heterocycles. The molecule has 0 amide bonds. The van der Waals surface area contributed by atoms with Gasteiger partial charge >= 0.3 is 0 Å². The number of hydrogen-bond acceptors (Lipinski definition) is 2. The molecule has 0 fully saturated rings. The number of ether oxygens (including phenoxy) is 1. The van der Waals surface area contributed by atoms with Crippen molar-refractivity contribution in [1.82, 2.24) is 0 Å². The van der Waals surface area contributed by atoms with Crippen molar-refractivity contribution >= 4 is 10.8 Å². The van der Waals surface area contributed by atoms with E-state index < -0.39 is 10.8 Å². The summed E-state index contributed by atoms with van der Waals surface area (Å²) >= 11 is 0. The molecule has 3 heteroatoms. The minimum absolute atomic E-state index is 0.234. The lowest BCUT2D eigenvalue weighted by molar-refractivity contribution is 0.249. The fraction of sp³-hybridized carbons (Fsp3) is 0.200. The second-order valence-electron chi connectivity index (χ2n) is 4.30. The van der Waals surface area contributed by atoms with E-state index in [1.807, 2.05) is 48.5 Å². The topological polar surface area (TPSA) is 26.3 Å². The Balaban J connectivity index is 1.82. The van der Waals surface area contributed by atoms with Crippen LogP contribution in [-0.4, -0.2) is 9.64 Å². The van der Waals surface area contributed by atoms with Crippen molar-refractivity contribution in [2.75, 3.05) is 0 Å². The van der Waals surface area contributed by atoms with E-state index in [1.165, 1.54) is 5.56 Å². The maximum atomic E-state index is 12.4. The summed E-state index contributed by atoms with van der Waals surface area (Å²) in [6.07, 6.45) is 1.73. The summed E-state index contributed by atoms with van der Waals surface area (Å²) in [5.41, 5.74) is 0.973. The molecule has 18 heavy (non-hydrogen) atoms. The Labute approximate surface area is 109 Å².